The largest absolute Gasteiger partial charge is 0.465 e. The summed E-state index contributed by atoms with van der Waals surface area (Å²) in [7, 11) is 1.57. The van der Waals surface area contributed by atoms with E-state index in [2.05, 4.69) is 0 Å². The van der Waals surface area contributed by atoms with E-state index in [-0.39, 0.29) is 0 Å². The van der Waals surface area contributed by atoms with Gasteiger partial charge in [-0.05, 0) is 16.3 Å². The zero-order valence-corrected chi connectivity index (χ0v) is 9.05. The van der Waals surface area contributed by atoms with Crippen molar-refractivity contribution >= 4 is 16.9 Å². The molecule has 0 bridgehead atoms. The van der Waals surface area contributed by atoms with E-state index in [1.54, 1.807) is 7.05 Å². The third-order valence-corrected chi connectivity index (χ3v) is 2.61. The maximum Gasteiger partial charge on any atom is 0.407 e. The summed E-state index contributed by atoms with van der Waals surface area (Å²) in [5.74, 6) is 0. The minimum atomic E-state index is -0.909. The average Bonchev–Trinajstić information content (AvgIpc) is 2.29. The molecule has 0 spiro atoms. The first-order valence-corrected chi connectivity index (χ1v) is 5.09. The number of carbonyl (C=O) groups is 1. The van der Waals surface area contributed by atoms with E-state index in [0.717, 1.165) is 16.3 Å². The topological polar surface area (TPSA) is 40.5 Å². The summed E-state index contributed by atoms with van der Waals surface area (Å²) in [4.78, 5) is 12.0. The zero-order valence-electron chi connectivity index (χ0n) is 9.05. The molecule has 0 fully saturated rings. The van der Waals surface area contributed by atoms with Gasteiger partial charge >= 0.3 is 6.09 Å². The molecule has 0 atom stereocenters. The Balaban J connectivity index is 2.41. The highest BCUT2D eigenvalue weighted by molar-refractivity contribution is 5.85. The lowest BCUT2D eigenvalue weighted by Gasteiger charge is -2.14. The molecule has 3 heteroatoms. The van der Waals surface area contributed by atoms with Gasteiger partial charge in [-0.25, -0.2) is 4.79 Å². The van der Waals surface area contributed by atoms with Crippen molar-refractivity contribution < 1.29 is 9.90 Å². The second-order valence-electron chi connectivity index (χ2n) is 3.78. The van der Waals surface area contributed by atoms with Gasteiger partial charge < -0.3 is 10.0 Å². The first-order chi connectivity index (χ1) is 7.68. The number of amides is 1. The van der Waals surface area contributed by atoms with Crippen molar-refractivity contribution in [3.05, 3.63) is 48.0 Å². The summed E-state index contributed by atoms with van der Waals surface area (Å²) in [5, 5.41) is 11.1. The Morgan fingerprint density at radius 3 is 2.62 bits per heavy atom. The van der Waals surface area contributed by atoms with Gasteiger partial charge in [0.25, 0.3) is 0 Å². The molecule has 16 heavy (non-hydrogen) atoms. The first-order valence-electron chi connectivity index (χ1n) is 5.09. The van der Waals surface area contributed by atoms with E-state index in [4.69, 9.17) is 5.11 Å². The van der Waals surface area contributed by atoms with Crippen LogP contribution in [-0.2, 0) is 6.54 Å². The number of nitrogens with zero attached hydrogens (tertiary/aromatic N) is 1. The van der Waals surface area contributed by atoms with Crippen molar-refractivity contribution in [2.45, 2.75) is 6.54 Å². The number of benzene rings is 2. The van der Waals surface area contributed by atoms with E-state index >= 15 is 0 Å². The van der Waals surface area contributed by atoms with E-state index in [9.17, 15) is 4.79 Å². The average molecular weight is 215 g/mol. The number of rotatable bonds is 2. The Morgan fingerprint density at radius 2 is 1.88 bits per heavy atom. The predicted molar refractivity (Wildman–Crippen MR) is 63.4 cm³/mol. The van der Waals surface area contributed by atoms with Gasteiger partial charge in [-0.2, -0.15) is 0 Å². The minimum Gasteiger partial charge on any atom is -0.465 e. The highest BCUT2D eigenvalue weighted by atomic mass is 16.4. The number of fused-ring (bicyclic) bond motifs is 1. The molecule has 0 saturated carbocycles. The van der Waals surface area contributed by atoms with E-state index < -0.39 is 6.09 Å². The molecule has 0 aliphatic heterocycles. The standard InChI is InChI=1S/C13H13NO2/c1-14(13(15)16)9-11-7-4-6-10-5-2-3-8-12(10)11/h2-8H,9H2,1H3,(H,15,16). The maximum absolute atomic E-state index is 10.8. The SMILES string of the molecule is CN(Cc1cccc2ccccc12)C(=O)O. The molecular formula is C13H13NO2. The Hall–Kier alpha value is -2.03. The van der Waals surface area contributed by atoms with Crippen molar-refractivity contribution in [3.63, 3.8) is 0 Å². The molecule has 0 aliphatic rings. The van der Waals surface area contributed by atoms with Gasteiger partial charge in [-0.3, -0.25) is 0 Å². The highest BCUT2D eigenvalue weighted by Crippen LogP contribution is 2.19. The summed E-state index contributed by atoms with van der Waals surface area (Å²) in [6.45, 7) is 0.413. The Kier molecular flexibility index (Phi) is 2.77. The van der Waals surface area contributed by atoms with Crippen LogP contribution >= 0.6 is 0 Å². The maximum atomic E-state index is 10.8. The van der Waals surface area contributed by atoms with Crippen LogP contribution in [-0.4, -0.2) is 23.1 Å². The van der Waals surface area contributed by atoms with Crippen molar-refractivity contribution in [1.29, 1.82) is 0 Å². The molecule has 2 rings (SSSR count). The summed E-state index contributed by atoms with van der Waals surface area (Å²) in [6, 6.07) is 13.9. The molecule has 3 nitrogen and oxygen atoms in total. The van der Waals surface area contributed by atoms with Crippen LogP contribution in [0.1, 0.15) is 5.56 Å². The van der Waals surface area contributed by atoms with Gasteiger partial charge in [0.1, 0.15) is 0 Å². The van der Waals surface area contributed by atoms with Gasteiger partial charge in [-0.1, -0.05) is 42.5 Å². The highest BCUT2D eigenvalue weighted by Gasteiger charge is 2.07. The van der Waals surface area contributed by atoms with Gasteiger partial charge in [0.2, 0.25) is 0 Å². The molecule has 0 unspecified atom stereocenters. The smallest absolute Gasteiger partial charge is 0.407 e. The van der Waals surface area contributed by atoms with Crippen molar-refractivity contribution in [2.24, 2.45) is 0 Å². The minimum absolute atomic E-state index is 0.413. The molecule has 0 saturated heterocycles. The zero-order chi connectivity index (χ0) is 11.5. The van der Waals surface area contributed by atoms with Crippen LogP contribution in [0.2, 0.25) is 0 Å². The molecule has 0 heterocycles. The van der Waals surface area contributed by atoms with E-state index in [1.807, 2.05) is 42.5 Å². The van der Waals surface area contributed by atoms with Crippen LogP contribution in [0, 0.1) is 0 Å². The van der Waals surface area contributed by atoms with Crippen LogP contribution in [0.25, 0.3) is 10.8 Å². The van der Waals surface area contributed by atoms with E-state index in [0.29, 0.717) is 6.54 Å². The monoisotopic (exact) mass is 215 g/mol. The lowest BCUT2D eigenvalue weighted by molar-refractivity contribution is 0.154. The van der Waals surface area contributed by atoms with Gasteiger partial charge in [0, 0.05) is 13.6 Å². The van der Waals surface area contributed by atoms with Crippen LogP contribution in [0.3, 0.4) is 0 Å². The Morgan fingerprint density at radius 1 is 1.19 bits per heavy atom. The molecule has 0 aliphatic carbocycles. The van der Waals surface area contributed by atoms with Gasteiger partial charge in [0.05, 0.1) is 0 Å². The van der Waals surface area contributed by atoms with Gasteiger partial charge in [-0.15, -0.1) is 0 Å². The lowest BCUT2D eigenvalue weighted by Crippen LogP contribution is -2.23. The summed E-state index contributed by atoms with van der Waals surface area (Å²) in [5.41, 5.74) is 1.03. The second kappa shape index (κ2) is 4.23. The fourth-order valence-corrected chi connectivity index (χ4v) is 1.75. The van der Waals surface area contributed by atoms with Gasteiger partial charge in [0.15, 0.2) is 0 Å². The third kappa shape index (κ3) is 1.98. The fraction of sp³-hybridized carbons (Fsp3) is 0.154. The van der Waals surface area contributed by atoms with E-state index in [1.165, 1.54) is 4.90 Å². The second-order valence-corrected chi connectivity index (χ2v) is 3.78. The van der Waals surface area contributed by atoms with Crippen LogP contribution < -0.4 is 0 Å². The van der Waals surface area contributed by atoms with Crippen molar-refractivity contribution in [2.75, 3.05) is 7.05 Å². The molecule has 0 radical (unpaired) electrons. The molecule has 0 aromatic heterocycles. The third-order valence-electron chi connectivity index (χ3n) is 2.61. The lowest BCUT2D eigenvalue weighted by atomic mass is 10.0. The molecule has 2 aromatic carbocycles. The first kappa shape index (κ1) is 10.5. The summed E-state index contributed by atoms with van der Waals surface area (Å²) < 4.78 is 0. The summed E-state index contributed by atoms with van der Waals surface area (Å²) >= 11 is 0. The summed E-state index contributed by atoms with van der Waals surface area (Å²) in [6.07, 6.45) is -0.909. The van der Waals surface area contributed by atoms with Crippen LogP contribution in [0.4, 0.5) is 4.79 Å². The van der Waals surface area contributed by atoms with Crippen LogP contribution in [0.5, 0.6) is 0 Å². The fourth-order valence-electron chi connectivity index (χ4n) is 1.75. The Labute approximate surface area is 93.9 Å². The Bertz CT molecular complexity index is 517. The molecule has 82 valence electrons. The number of hydrogen-bond donors (Lipinski definition) is 1. The molecule has 1 amide bonds. The normalized spacial score (nSPS) is 10.3. The molecule has 2 aromatic rings. The molecular weight excluding hydrogens is 202 g/mol. The van der Waals surface area contributed by atoms with Crippen LogP contribution in [0.15, 0.2) is 42.5 Å². The number of hydrogen-bond acceptors (Lipinski definition) is 1. The molecule has 1 N–H and O–H groups in total. The number of carboxylic acid groups (broad SMARTS) is 1. The predicted octanol–water partition coefficient (Wildman–Crippen LogP) is 2.95. The van der Waals surface area contributed by atoms with Crippen molar-refractivity contribution in [1.82, 2.24) is 4.90 Å². The quantitative estimate of drug-likeness (QED) is 0.836. The van der Waals surface area contributed by atoms with Crippen molar-refractivity contribution in [3.8, 4) is 0 Å².